The monoisotopic (exact) mass is 431 g/mol. The molecule has 0 aliphatic carbocycles. The van der Waals surface area contributed by atoms with Gasteiger partial charge in [0.05, 0.1) is 24.0 Å². The Balaban J connectivity index is 1.42. The second-order valence-corrected chi connectivity index (χ2v) is 8.68. The molecule has 0 radical (unpaired) electrons. The molecule has 1 aromatic carbocycles. The summed E-state index contributed by atoms with van der Waals surface area (Å²) in [6, 6.07) is 5.63. The van der Waals surface area contributed by atoms with Gasteiger partial charge in [-0.15, -0.1) is 0 Å². The first-order valence-corrected chi connectivity index (χ1v) is 10.8. The van der Waals surface area contributed by atoms with E-state index in [0.29, 0.717) is 18.8 Å². The number of carbonyl (C=O) groups excluding carboxylic acids is 2. The molecule has 9 heteroatoms. The summed E-state index contributed by atoms with van der Waals surface area (Å²) in [6.07, 6.45) is 1.22. The molecule has 3 unspecified atom stereocenters. The van der Waals surface area contributed by atoms with Crippen LogP contribution in [0.5, 0.6) is 5.75 Å². The second kappa shape index (κ2) is 8.94. The Morgan fingerprint density at radius 2 is 1.71 bits per heavy atom. The fraction of sp³-hybridized carbons (Fsp3) is 0.591. The van der Waals surface area contributed by atoms with Gasteiger partial charge in [-0.05, 0) is 44.0 Å². The third-order valence-electron chi connectivity index (χ3n) is 6.56. The summed E-state index contributed by atoms with van der Waals surface area (Å²) in [7, 11) is 2.03. The molecular formula is C22H29N3O6. The van der Waals surface area contributed by atoms with Crippen LogP contribution in [0.15, 0.2) is 24.3 Å². The standard InChI is InChI=1S/C22H29N3O6/c1-24-8-10-25(11-9-24)20(26)18-16-6-7-17(31-16)19(18)22(29)30-14-4-2-13(3-5-14)12-15(23)21(27)28/h2-5,15-19H,6-12,23H2,1H3,(H,27,28)/t15?,16-,17+,18?,19?/m0/s1. The van der Waals surface area contributed by atoms with Gasteiger partial charge in [-0.1, -0.05) is 12.1 Å². The van der Waals surface area contributed by atoms with E-state index in [2.05, 4.69) is 4.90 Å². The van der Waals surface area contributed by atoms with E-state index < -0.39 is 29.8 Å². The maximum Gasteiger partial charge on any atom is 0.320 e. The number of aliphatic carboxylic acids is 1. The highest BCUT2D eigenvalue weighted by molar-refractivity contribution is 5.88. The Hall–Kier alpha value is -2.49. The smallest absolute Gasteiger partial charge is 0.320 e. The zero-order chi connectivity index (χ0) is 22.1. The molecule has 3 fully saturated rings. The summed E-state index contributed by atoms with van der Waals surface area (Å²) >= 11 is 0. The maximum absolute atomic E-state index is 13.2. The van der Waals surface area contributed by atoms with Crippen LogP contribution in [0.1, 0.15) is 18.4 Å². The number of nitrogens with zero attached hydrogens (tertiary/aromatic N) is 2. The number of piperazine rings is 1. The predicted molar refractivity (Wildman–Crippen MR) is 110 cm³/mol. The number of amides is 1. The van der Waals surface area contributed by atoms with Gasteiger partial charge in [0.1, 0.15) is 11.8 Å². The number of fused-ring (bicyclic) bond motifs is 2. The van der Waals surface area contributed by atoms with Gasteiger partial charge in [0.25, 0.3) is 0 Å². The van der Waals surface area contributed by atoms with Gasteiger partial charge in [0.15, 0.2) is 0 Å². The van der Waals surface area contributed by atoms with Crippen LogP contribution in [0, 0.1) is 11.8 Å². The summed E-state index contributed by atoms with van der Waals surface area (Å²) in [5.41, 5.74) is 6.30. The largest absolute Gasteiger partial charge is 0.480 e. The van der Waals surface area contributed by atoms with E-state index in [9.17, 15) is 14.4 Å². The van der Waals surface area contributed by atoms with E-state index in [4.69, 9.17) is 20.3 Å². The second-order valence-electron chi connectivity index (χ2n) is 8.68. The minimum atomic E-state index is -1.07. The molecule has 1 amide bonds. The average Bonchev–Trinajstić information content (AvgIpc) is 3.37. The SMILES string of the molecule is CN1CCN(C(=O)C2C(C(=O)Oc3ccc(CC(N)C(=O)O)cc3)[C@H]3CC[C@@H]2O3)CC1. The number of benzene rings is 1. The van der Waals surface area contributed by atoms with E-state index in [1.807, 2.05) is 11.9 Å². The molecular weight excluding hydrogens is 402 g/mol. The van der Waals surface area contributed by atoms with Crippen molar-refractivity contribution in [1.29, 1.82) is 0 Å². The molecule has 9 nitrogen and oxygen atoms in total. The van der Waals surface area contributed by atoms with Crippen molar-refractivity contribution in [3.63, 3.8) is 0 Å². The van der Waals surface area contributed by atoms with E-state index in [1.54, 1.807) is 24.3 Å². The van der Waals surface area contributed by atoms with Crippen LogP contribution in [0.4, 0.5) is 0 Å². The highest BCUT2D eigenvalue weighted by atomic mass is 16.5. The summed E-state index contributed by atoms with van der Waals surface area (Å²) in [4.78, 5) is 41.2. The van der Waals surface area contributed by atoms with Crippen LogP contribution < -0.4 is 10.5 Å². The number of ether oxygens (including phenoxy) is 2. The summed E-state index contributed by atoms with van der Waals surface area (Å²) in [5.74, 6) is -2.28. The van der Waals surface area contributed by atoms with Crippen LogP contribution in [0.25, 0.3) is 0 Å². The number of nitrogens with two attached hydrogens (primary N) is 1. The van der Waals surface area contributed by atoms with Crippen LogP contribution in [0.3, 0.4) is 0 Å². The van der Waals surface area contributed by atoms with Crippen LogP contribution in [-0.2, 0) is 25.5 Å². The quantitative estimate of drug-likeness (QED) is 0.481. The van der Waals surface area contributed by atoms with Crippen molar-refractivity contribution in [1.82, 2.24) is 9.80 Å². The molecule has 3 heterocycles. The Bertz CT molecular complexity index is 836. The van der Waals surface area contributed by atoms with Gasteiger partial charge < -0.3 is 30.1 Å². The molecule has 5 atom stereocenters. The molecule has 31 heavy (non-hydrogen) atoms. The van der Waals surface area contributed by atoms with Crippen molar-refractivity contribution in [3.8, 4) is 5.75 Å². The van der Waals surface area contributed by atoms with Crippen molar-refractivity contribution < 1.29 is 29.0 Å². The van der Waals surface area contributed by atoms with Gasteiger partial charge in [-0.25, -0.2) is 0 Å². The highest BCUT2D eigenvalue weighted by Crippen LogP contribution is 2.45. The molecule has 1 aromatic rings. The van der Waals surface area contributed by atoms with E-state index >= 15 is 0 Å². The van der Waals surface area contributed by atoms with Crippen LogP contribution in [-0.4, -0.2) is 84.2 Å². The molecule has 4 rings (SSSR count). The van der Waals surface area contributed by atoms with Crippen molar-refractivity contribution in [3.05, 3.63) is 29.8 Å². The van der Waals surface area contributed by atoms with Gasteiger partial charge in [0, 0.05) is 26.2 Å². The van der Waals surface area contributed by atoms with Crippen molar-refractivity contribution in [2.45, 2.75) is 37.5 Å². The normalized spacial score (nSPS) is 29.0. The number of hydrogen-bond donors (Lipinski definition) is 2. The molecule has 168 valence electrons. The molecule has 2 bridgehead atoms. The molecule has 0 spiro atoms. The third-order valence-corrected chi connectivity index (χ3v) is 6.56. The van der Waals surface area contributed by atoms with Crippen LogP contribution >= 0.6 is 0 Å². The lowest BCUT2D eigenvalue weighted by Crippen LogP contribution is -2.52. The maximum atomic E-state index is 13.2. The number of carboxylic acid groups (broad SMARTS) is 1. The van der Waals surface area contributed by atoms with Gasteiger partial charge >= 0.3 is 11.9 Å². The molecule has 0 aromatic heterocycles. The van der Waals surface area contributed by atoms with E-state index in [-0.39, 0.29) is 24.5 Å². The first kappa shape index (κ1) is 21.7. The number of carboxylic acids is 1. The fourth-order valence-corrected chi connectivity index (χ4v) is 4.75. The zero-order valence-corrected chi connectivity index (χ0v) is 17.6. The average molecular weight is 431 g/mol. The number of likely N-dealkylation sites (N-methyl/N-ethyl adjacent to an activating group) is 1. The lowest BCUT2D eigenvalue weighted by Gasteiger charge is -2.36. The number of esters is 1. The number of hydrogen-bond acceptors (Lipinski definition) is 7. The third kappa shape index (κ3) is 4.58. The first-order chi connectivity index (χ1) is 14.8. The van der Waals surface area contributed by atoms with Gasteiger partial charge in [-0.2, -0.15) is 0 Å². The topological polar surface area (TPSA) is 122 Å². The highest BCUT2D eigenvalue weighted by Gasteiger charge is 2.57. The number of rotatable bonds is 6. The summed E-state index contributed by atoms with van der Waals surface area (Å²) in [5, 5.41) is 8.93. The molecule has 3 N–H and O–H groups in total. The van der Waals surface area contributed by atoms with E-state index in [0.717, 1.165) is 31.5 Å². The first-order valence-electron chi connectivity index (χ1n) is 10.8. The Kier molecular flexibility index (Phi) is 6.27. The fourth-order valence-electron chi connectivity index (χ4n) is 4.75. The van der Waals surface area contributed by atoms with Gasteiger partial charge in [0.2, 0.25) is 5.91 Å². The predicted octanol–water partition coefficient (Wildman–Crippen LogP) is 0.114. The van der Waals surface area contributed by atoms with Crippen LogP contribution in [0.2, 0.25) is 0 Å². The van der Waals surface area contributed by atoms with Gasteiger partial charge in [-0.3, -0.25) is 14.4 Å². The van der Waals surface area contributed by atoms with Crippen molar-refractivity contribution >= 4 is 17.8 Å². The Labute approximate surface area is 181 Å². The zero-order valence-electron chi connectivity index (χ0n) is 17.6. The molecule has 0 saturated carbocycles. The minimum Gasteiger partial charge on any atom is -0.480 e. The molecule has 3 aliphatic heterocycles. The Morgan fingerprint density at radius 3 is 2.32 bits per heavy atom. The van der Waals surface area contributed by atoms with Crippen molar-refractivity contribution in [2.75, 3.05) is 33.2 Å². The summed E-state index contributed by atoms with van der Waals surface area (Å²) in [6.45, 7) is 2.96. The number of carbonyl (C=O) groups is 3. The van der Waals surface area contributed by atoms with Crippen molar-refractivity contribution in [2.24, 2.45) is 17.6 Å². The Morgan fingerprint density at radius 1 is 1.10 bits per heavy atom. The molecule has 3 saturated heterocycles. The lowest BCUT2D eigenvalue weighted by atomic mass is 9.78. The lowest BCUT2D eigenvalue weighted by molar-refractivity contribution is -0.149. The summed E-state index contributed by atoms with van der Waals surface area (Å²) < 4.78 is 11.5. The van der Waals surface area contributed by atoms with E-state index in [1.165, 1.54) is 0 Å². The molecule has 3 aliphatic rings. The minimum absolute atomic E-state index is 0.0137.